The zero-order valence-corrected chi connectivity index (χ0v) is 28.2. The Kier molecular flexibility index (Phi) is 6.96. The van der Waals surface area contributed by atoms with E-state index in [4.69, 9.17) is 19.9 Å². The van der Waals surface area contributed by atoms with Crippen LogP contribution in [-0.2, 0) is 0 Å². The first-order valence-corrected chi connectivity index (χ1v) is 17.8. The Morgan fingerprint density at radius 3 is 1.49 bits per heavy atom. The summed E-state index contributed by atoms with van der Waals surface area (Å²) in [4.78, 5) is 20.0. The Hall–Kier alpha value is -6.56. The quantitative estimate of drug-likeness (QED) is 0.171. The third-order valence-electron chi connectivity index (χ3n) is 9.52. The summed E-state index contributed by atoms with van der Waals surface area (Å²) in [7, 11) is 0. The summed E-state index contributed by atoms with van der Waals surface area (Å²) in [6.45, 7) is 0. The van der Waals surface area contributed by atoms with Gasteiger partial charge in [0.1, 0.15) is 0 Å². The highest BCUT2D eigenvalue weighted by molar-refractivity contribution is 7.26. The first-order chi connectivity index (χ1) is 25.3. The van der Waals surface area contributed by atoms with Crippen LogP contribution in [-0.4, -0.2) is 19.9 Å². The predicted molar refractivity (Wildman–Crippen MR) is 213 cm³/mol. The van der Waals surface area contributed by atoms with E-state index in [0.29, 0.717) is 17.5 Å². The molecule has 0 amide bonds. The molecule has 51 heavy (non-hydrogen) atoms. The van der Waals surface area contributed by atoms with E-state index in [1.54, 1.807) is 0 Å². The van der Waals surface area contributed by atoms with Gasteiger partial charge < -0.3 is 0 Å². The van der Waals surface area contributed by atoms with Crippen molar-refractivity contribution < 1.29 is 0 Å². The Morgan fingerprint density at radius 1 is 0.314 bits per heavy atom. The van der Waals surface area contributed by atoms with Crippen molar-refractivity contribution in [3.05, 3.63) is 170 Å². The Labute approximate surface area is 298 Å². The van der Waals surface area contributed by atoms with Gasteiger partial charge in [0.25, 0.3) is 0 Å². The van der Waals surface area contributed by atoms with Gasteiger partial charge in [-0.05, 0) is 35.4 Å². The fourth-order valence-electron chi connectivity index (χ4n) is 7.05. The van der Waals surface area contributed by atoms with Crippen molar-refractivity contribution in [1.29, 1.82) is 0 Å². The highest BCUT2D eigenvalue weighted by atomic mass is 32.1. The van der Waals surface area contributed by atoms with Crippen LogP contribution in [0.2, 0.25) is 0 Å². The van der Waals surface area contributed by atoms with Crippen LogP contribution in [0.15, 0.2) is 170 Å². The lowest BCUT2D eigenvalue weighted by atomic mass is 9.94. The number of thiophene rings is 1. The molecule has 10 rings (SSSR count). The van der Waals surface area contributed by atoms with E-state index >= 15 is 0 Å². The zero-order valence-electron chi connectivity index (χ0n) is 27.4. The molecule has 0 N–H and O–H groups in total. The fraction of sp³-hybridized carbons (Fsp3) is 0. The average Bonchev–Trinajstić information content (AvgIpc) is 3.60. The third-order valence-corrected chi connectivity index (χ3v) is 10.7. The van der Waals surface area contributed by atoms with Crippen molar-refractivity contribution in [2.45, 2.75) is 0 Å². The van der Waals surface area contributed by atoms with Gasteiger partial charge in [-0.25, -0.2) is 19.9 Å². The highest BCUT2D eigenvalue weighted by Crippen LogP contribution is 2.44. The number of fused-ring (bicyclic) bond motifs is 7. The summed E-state index contributed by atoms with van der Waals surface area (Å²) < 4.78 is 2.58. The van der Waals surface area contributed by atoms with Gasteiger partial charge in [0, 0.05) is 58.6 Å². The minimum Gasteiger partial charge on any atom is -0.247 e. The van der Waals surface area contributed by atoms with Gasteiger partial charge in [-0.15, -0.1) is 11.3 Å². The number of pyridine rings is 1. The Morgan fingerprint density at radius 2 is 0.843 bits per heavy atom. The summed E-state index contributed by atoms with van der Waals surface area (Å²) in [5.41, 5.74) is 8.20. The molecule has 7 aromatic carbocycles. The van der Waals surface area contributed by atoms with Crippen molar-refractivity contribution >= 4 is 53.2 Å². The maximum atomic E-state index is 5.28. The van der Waals surface area contributed by atoms with Crippen LogP contribution < -0.4 is 0 Å². The van der Waals surface area contributed by atoms with Crippen LogP contribution in [0, 0.1) is 0 Å². The summed E-state index contributed by atoms with van der Waals surface area (Å²) in [6.07, 6.45) is 0. The number of hydrogen-bond donors (Lipinski definition) is 0. The molecule has 0 spiro atoms. The van der Waals surface area contributed by atoms with Gasteiger partial charge >= 0.3 is 0 Å². The van der Waals surface area contributed by atoms with Crippen molar-refractivity contribution in [2.24, 2.45) is 0 Å². The molecule has 5 heteroatoms. The summed E-state index contributed by atoms with van der Waals surface area (Å²) in [5, 5.41) is 6.14. The van der Waals surface area contributed by atoms with Gasteiger partial charge in [0.05, 0.1) is 11.2 Å². The molecule has 0 atom stereocenters. The molecule has 0 aliphatic rings. The smallest absolute Gasteiger partial charge is 0.164 e. The topological polar surface area (TPSA) is 51.6 Å². The lowest BCUT2D eigenvalue weighted by molar-refractivity contribution is 1.07. The van der Waals surface area contributed by atoms with E-state index < -0.39 is 0 Å². The molecule has 0 bridgehead atoms. The molecule has 0 aliphatic heterocycles. The molecule has 0 fully saturated rings. The summed E-state index contributed by atoms with van der Waals surface area (Å²) >= 11 is 1.85. The maximum Gasteiger partial charge on any atom is 0.164 e. The second-order valence-corrected chi connectivity index (χ2v) is 13.7. The van der Waals surface area contributed by atoms with Gasteiger partial charge in [0.15, 0.2) is 17.5 Å². The summed E-state index contributed by atoms with van der Waals surface area (Å²) in [6, 6.07) is 59.1. The van der Waals surface area contributed by atoms with E-state index in [1.807, 2.05) is 72.0 Å². The molecule has 0 radical (unpaired) electrons. The molecule has 0 unspecified atom stereocenters. The molecule has 0 aliphatic carbocycles. The first kappa shape index (κ1) is 29.4. The standard InChI is InChI=1S/C46H28N4S/c1-4-12-30(13-5-1)43-36-25-27-40-42(35-18-10-11-19-39(35)51-40)41(36)37-28-34(24-26-38(37)47-43)29-20-22-33(23-21-29)46-49-44(31-14-6-2-7-15-31)48-45(50-46)32-16-8-3-9-17-32/h1-28H. The number of hydrogen-bond acceptors (Lipinski definition) is 5. The zero-order chi connectivity index (χ0) is 33.7. The number of aromatic nitrogens is 4. The molecule has 238 valence electrons. The molecule has 0 saturated heterocycles. The van der Waals surface area contributed by atoms with Crippen LogP contribution >= 0.6 is 11.3 Å². The highest BCUT2D eigenvalue weighted by Gasteiger charge is 2.18. The van der Waals surface area contributed by atoms with Gasteiger partial charge in [-0.1, -0.05) is 146 Å². The molecule has 4 nitrogen and oxygen atoms in total. The second-order valence-electron chi connectivity index (χ2n) is 12.6. The van der Waals surface area contributed by atoms with E-state index in [1.165, 1.54) is 25.6 Å². The SMILES string of the molecule is c1ccc(-c2nc(-c3ccccc3)nc(-c3ccc(-c4ccc5nc(-c6ccccc6)c6ccc7sc8ccccc8c7c6c5c4)cc3)n2)cc1. The van der Waals surface area contributed by atoms with Crippen molar-refractivity contribution in [1.82, 2.24) is 19.9 Å². The summed E-state index contributed by atoms with van der Waals surface area (Å²) in [5.74, 6) is 1.95. The predicted octanol–water partition coefficient (Wildman–Crippen LogP) is 12.3. The molecule has 3 aromatic heterocycles. The second kappa shape index (κ2) is 12.1. The van der Waals surface area contributed by atoms with Crippen LogP contribution in [0.3, 0.4) is 0 Å². The van der Waals surface area contributed by atoms with E-state index in [9.17, 15) is 0 Å². The lowest BCUT2D eigenvalue weighted by Gasteiger charge is -2.13. The van der Waals surface area contributed by atoms with Crippen molar-refractivity contribution in [2.75, 3.05) is 0 Å². The molecular formula is C46H28N4S. The minimum atomic E-state index is 0.642. The van der Waals surface area contributed by atoms with E-state index in [0.717, 1.165) is 55.4 Å². The van der Waals surface area contributed by atoms with Gasteiger partial charge in [-0.2, -0.15) is 0 Å². The Bertz CT molecular complexity index is 2830. The monoisotopic (exact) mass is 668 g/mol. The van der Waals surface area contributed by atoms with Gasteiger partial charge in [0.2, 0.25) is 0 Å². The van der Waals surface area contributed by atoms with E-state index in [2.05, 4.69) is 109 Å². The third kappa shape index (κ3) is 5.14. The molecule has 3 heterocycles. The van der Waals surface area contributed by atoms with Crippen LogP contribution in [0.4, 0.5) is 0 Å². The number of benzene rings is 7. The molecule has 10 aromatic rings. The van der Waals surface area contributed by atoms with Crippen LogP contribution in [0.25, 0.3) is 98.4 Å². The van der Waals surface area contributed by atoms with Crippen LogP contribution in [0.1, 0.15) is 0 Å². The first-order valence-electron chi connectivity index (χ1n) is 17.0. The average molecular weight is 669 g/mol. The number of nitrogens with zero attached hydrogens (tertiary/aromatic N) is 4. The molecule has 0 saturated carbocycles. The van der Waals surface area contributed by atoms with Crippen molar-refractivity contribution in [3.8, 4) is 56.5 Å². The Balaban J connectivity index is 1.13. The normalized spacial score (nSPS) is 11.5. The number of rotatable bonds is 5. The van der Waals surface area contributed by atoms with E-state index in [-0.39, 0.29) is 0 Å². The molecular weight excluding hydrogens is 641 g/mol. The van der Waals surface area contributed by atoms with Crippen LogP contribution in [0.5, 0.6) is 0 Å². The largest absolute Gasteiger partial charge is 0.247 e. The van der Waals surface area contributed by atoms with Gasteiger partial charge in [-0.3, -0.25) is 0 Å². The maximum absolute atomic E-state index is 5.28. The fourth-order valence-corrected chi connectivity index (χ4v) is 8.17. The van der Waals surface area contributed by atoms with Crippen molar-refractivity contribution in [3.63, 3.8) is 0 Å². The lowest BCUT2D eigenvalue weighted by Crippen LogP contribution is -2.00. The minimum absolute atomic E-state index is 0.642.